The van der Waals surface area contributed by atoms with Gasteiger partial charge in [0, 0.05) is 12.4 Å². The summed E-state index contributed by atoms with van der Waals surface area (Å²) in [6.07, 6.45) is 3.97. The van der Waals surface area contributed by atoms with Gasteiger partial charge in [-0.1, -0.05) is 0 Å². The van der Waals surface area contributed by atoms with E-state index in [1.165, 1.54) is 0 Å². The first kappa shape index (κ1) is 7.50. The van der Waals surface area contributed by atoms with Gasteiger partial charge in [0.2, 0.25) is 0 Å². The van der Waals surface area contributed by atoms with Crippen molar-refractivity contribution in [3.8, 4) is 0 Å². The minimum atomic E-state index is 0.442. The summed E-state index contributed by atoms with van der Waals surface area (Å²) in [5.74, 6) is 0.871. The average molecular weight is 182 g/mol. The Morgan fingerprint density at radius 2 is 2.00 bits per heavy atom. The quantitative estimate of drug-likeness (QED) is 0.697. The molecule has 2 aromatic rings. The third kappa shape index (κ3) is 1.53. The minimum absolute atomic E-state index is 0.442. The van der Waals surface area contributed by atoms with E-state index in [0.717, 1.165) is 12.3 Å². The summed E-state index contributed by atoms with van der Waals surface area (Å²) in [7, 11) is 0. The molecule has 0 aromatic carbocycles. The molecule has 0 radical (unpaired) electrons. The molecule has 2 heterocycles. The normalized spacial score (nSPS) is 10.4. The van der Waals surface area contributed by atoms with E-state index in [1.54, 1.807) is 6.07 Å². The van der Waals surface area contributed by atoms with Crippen LogP contribution in [-0.2, 0) is 6.54 Å². The van der Waals surface area contributed by atoms with Gasteiger partial charge in [0.25, 0.3) is 0 Å². The fourth-order valence-corrected chi connectivity index (χ4v) is 1.25. The summed E-state index contributed by atoms with van der Waals surface area (Å²) < 4.78 is 7.22. The Morgan fingerprint density at radius 3 is 2.58 bits per heavy atom. The first-order valence-electron chi connectivity index (χ1n) is 3.69. The highest BCUT2D eigenvalue weighted by atomic mass is 35.5. The zero-order valence-corrected chi connectivity index (χ0v) is 7.16. The molecule has 2 rings (SSSR count). The fraction of sp³-hybridized carbons (Fsp3) is 0.111. The van der Waals surface area contributed by atoms with Gasteiger partial charge in [0.1, 0.15) is 5.76 Å². The second-order valence-electron chi connectivity index (χ2n) is 2.56. The van der Waals surface area contributed by atoms with Crippen molar-refractivity contribution in [3.05, 3.63) is 47.6 Å². The molecule has 2 nitrogen and oxygen atoms in total. The first-order chi connectivity index (χ1) is 5.84. The van der Waals surface area contributed by atoms with Crippen LogP contribution in [0.3, 0.4) is 0 Å². The molecule has 62 valence electrons. The van der Waals surface area contributed by atoms with Crippen molar-refractivity contribution in [3.63, 3.8) is 0 Å². The Kier molecular flexibility index (Phi) is 1.92. The van der Waals surface area contributed by atoms with Crippen LogP contribution in [-0.4, -0.2) is 4.57 Å². The summed E-state index contributed by atoms with van der Waals surface area (Å²) in [5, 5.41) is 0.442. The van der Waals surface area contributed by atoms with Crippen molar-refractivity contribution in [2.45, 2.75) is 6.54 Å². The van der Waals surface area contributed by atoms with Crippen LogP contribution in [0.2, 0.25) is 5.22 Å². The first-order valence-corrected chi connectivity index (χ1v) is 4.07. The molecule has 0 unspecified atom stereocenters. The van der Waals surface area contributed by atoms with E-state index < -0.39 is 0 Å². The Bertz CT molecular complexity index is 350. The predicted octanol–water partition coefficient (Wildman–Crippen LogP) is 2.78. The zero-order valence-electron chi connectivity index (χ0n) is 6.40. The molecule has 0 aliphatic carbocycles. The summed E-state index contributed by atoms with van der Waals surface area (Å²) >= 11 is 5.62. The van der Waals surface area contributed by atoms with Crippen LogP contribution in [0.25, 0.3) is 0 Å². The highest BCUT2D eigenvalue weighted by Crippen LogP contribution is 2.13. The molecule has 0 aliphatic heterocycles. The number of nitrogens with zero attached hydrogens (tertiary/aromatic N) is 1. The molecule has 0 spiro atoms. The van der Waals surface area contributed by atoms with Crippen LogP contribution in [0.4, 0.5) is 0 Å². The molecule has 0 fully saturated rings. The van der Waals surface area contributed by atoms with Crippen LogP contribution in [0.15, 0.2) is 41.1 Å². The van der Waals surface area contributed by atoms with E-state index in [1.807, 2.05) is 35.2 Å². The average Bonchev–Trinajstić information content (AvgIpc) is 2.63. The molecule has 2 aromatic heterocycles. The molecule has 0 amide bonds. The maximum atomic E-state index is 5.62. The summed E-state index contributed by atoms with van der Waals surface area (Å²) in [6, 6.07) is 7.58. The Labute approximate surface area is 75.4 Å². The number of hydrogen-bond acceptors (Lipinski definition) is 1. The van der Waals surface area contributed by atoms with Gasteiger partial charge >= 0.3 is 0 Å². The van der Waals surface area contributed by atoms with Gasteiger partial charge in [-0.05, 0) is 35.9 Å². The summed E-state index contributed by atoms with van der Waals surface area (Å²) in [4.78, 5) is 0. The fourth-order valence-electron chi connectivity index (χ4n) is 1.09. The molecular weight excluding hydrogens is 174 g/mol. The third-order valence-electron chi connectivity index (χ3n) is 1.63. The zero-order chi connectivity index (χ0) is 8.39. The number of furan rings is 1. The molecule has 12 heavy (non-hydrogen) atoms. The van der Waals surface area contributed by atoms with Gasteiger partial charge in [0.05, 0.1) is 6.54 Å². The van der Waals surface area contributed by atoms with E-state index in [9.17, 15) is 0 Å². The van der Waals surface area contributed by atoms with Crippen LogP contribution in [0, 0.1) is 0 Å². The van der Waals surface area contributed by atoms with Crippen molar-refractivity contribution >= 4 is 11.6 Å². The molecular formula is C9H8ClNO. The lowest BCUT2D eigenvalue weighted by molar-refractivity contribution is 0.495. The van der Waals surface area contributed by atoms with Gasteiger partial charge in [-0.3, -0.25) is 0 Å². The topological polar surface area (TPSA) is 18.1 Å². The van der Waals surface area contributed by atoms with Gasteiger partial charge in [-0.15, -0.1) is 0 Å². The maximum absolute atomic E-state index is 5.62. The lowest BCUT2D eigenvalue weighted by Gasteiger charge is -1.97. The number of halogens is 1. The van der Waals surface area contributed by atoms with E-state index in [-0.39, 0.29) is 0 Å². The predicted molar refractivity (Wildman–Crippen MR) is 47.3 cm³/mol. The van der Waals surface area contributed by atoms with Crippen LogP contribution < -0.4 is 0 Å². The van der Waals surface area contributed by atoms with E-state index in [0.29, 0.717) is 5.22 Å². The lowest BCUT2D eigenvalue weighted by Crippen LogP contribution is -1.93. The van der Waals surface area contributed by atoms with E-state index in [4.69, 9.17) is 16.0 Å². The highest BCUT2D eigenvalue weighted by Gasteiger charge is 1.98. The minimum Gasteiger partial charge on any atom is -0.448 e. The van der Waals surface area contributed by atoms with Crippen LogP contribution in [0.5, 0.6) is 0 Å². The molecule has 0 bridgehead atoms. The number of aromatic nitrogens is 1. The number of rotatable bonds is 2. The van der Waals surface area contributed by atoms with Crippen molar-refractivity contribution in [1.29, 1.82) is 0 Å². The van der Waals surface area contributed by atoms with Crippen molar-refractivity contribution < 1.29 is 4.42 Å². The van der Waals surface area contributed by atoms with Crippen molar-refractivity contribution in [1.82, 2.24) is 4.57 Å². The second-order valence-corrected chi connectivity index (χ2v) is 2.93. The van der Waals surface area contributed by atoms with Crippen LogP contribution in [0.1, 0.15) is 5.76 Å². The van der Waals surface area contributed by atoms with Gasteiger partial charge in [0.15, 0.2) is 5.22 Å². The second kappa shape index (κ2) is 3.07. The molecule has 0 saturated carbocycles. The smallest absolute Gasteiger partial charge is 0.193 e. The highest BCUT2D eigenvalue weighted by molar-refractivity contribution is 6.28. The molecule has 0 aliphatic rings. The standard InChI is InChI=1S/C9H8ClNO/c10-9-4-3-8(12-9)7-11-5-1-2-6-11/h1-6H,7H2. The number of hydrogen-bond donors (Lipinski definition) is 0. The third-order valence-corrected chi connectivity index (χ3v) is 1.84. The van der Waals surface area contributed by atoms with Gasteiger partial charge in [-0.2, -0.15) is 0 Å². The Balaban J connectivity index is 2.14. The van der Waals surface area contributed by atoms with E-state index >= 15 is 0 Å². The molecule has 3 heteroatoms. The maximum Gasteiger partial charge on any atom is 0.193 e. The molecule has 0 atom stereocenters. The van der Waals surface area contributed by atoms with Crippen molar-refractivity contribution in [2.75, 3.05) is 0 Å². The van der Waals surface area contributed by atoms with E-state index in [2.05, 4.69) is 0 Å². The summed E-state index contributed by atoms with van der Waals surface area (Å²) in [5.41, 5.74) is 0. The monoisotopic (exact) mass is 181 g/mol. The Morgan fingerprint density at radius 1 is 1.25 bits per heavy atom. The summed E-state index contributed by atoms with van der Waals surface area (Å²) in [6.45, 7) is 0.736. The lowest BCUT2D eigenvalue weighted by atomic mass is 10.4. The van der Waals surface area contributed by atoms with Crippen LogP contribution >= 0.6 is 11.6 Å². The SMILES string of the molecule is Clc1ccc(Cn2cccc2)o1. The Hall–Kier alpha value is -1.15. The molecule has 0 saturated heterocycles. The van der Waals surface area contributed by atoms with Gasteiger partial charge < -0.3 is 8.98 Å². The van der Waals surface area contributed by atoms with Gasteiger partial charge in [-0.25, -0.2) is 0 Å². The molecule has 0 N–H and O–H groups in total. The van der Waals surface area contributed by atoms with Crippen molar-refractivity contribution in [2.24, 2.45) is 0 Å². The largest absolute Gasteiger partial charge is 0.448 e.